The van der Waals surface area contributed by atoms with Crippen molar-refractivity contribution in [2.75, 3.05) is 29.9 Å². The van der Waals surface area contributed by atoms with Crippen LogP contribution >= 0.6 is 15.9 Å². The Morgan fingerprint density at radius 3 is 2.87 bits per heavy atom. The van der Waals surface area contributed by atoms with Gasteiger partial charge in [-0.2, -0.15) is 5.10 Å². The number of fused-ring (bicyclic) bond motifs is 3. The molecule has 9 nitrogen and oxygen atoms in total. The highest BCUT2D eigenvalue weighted by Gasteiger charge is 2.39. The van der Waals surface area contributed by atoms with Crippen LogP contribution in [-0.4, -0.2) is 59.6 Å². The van der Waals surface area contributed by atoms with Crippen molar-refractivity contribution in [3.05, 3.63) is 16.6 Å². The second-order valence-corrected chi connectivity index (χ2v) is 10.3. The van der Waals surface area contributed by atoms with Crippen LogP contribution in [0.15, 0.2) is 21.7 Å². The zero-order valence-electron chi connectivity index (χ0n) is 18.4. The Morgan fingerprint density at radius 1 is 1.42 bits per heavy atom. The van der Waals surface area contributed by atoms with Crippen LogP contribution in [0.25, 0.3) is 0 Å². The van der Waals surface area contributed by atoms with Crippen molar-refractivity contribution in [2.24, 2.45) is 5.10 Å². The lowest BCUT2D eigenvalue weighted by molar-refractivity contribution is -0.122. The van der Waals surface area contributed by atoms with Crippen molar-refractivity contribution < 1.29 is 19.1 Å². The number of carbonyl (C=O) groups is 2. The fourth-order valence-corrected chi connectivity index (χ4v) is 4.43. The molecule has 0 aromatic heterocycles. The summed E-state index contributed by atoms with van der Waals surface area (Å²) >= 11 is 3.63. The lowest BCUT2D eigenvalue weighted by Gasteiger charge is -2.38. The first-order valence-corrected chi connectivity index (χ1v) is 11.1. The summed E-state index contributed by atoms with van der Waals surface area (Å²) in [5.41, 5.74) is 3.32. The first-order chi connectivity index (χ1) is 14.5. The number of halogens is 1. The Labute approximate surface area is 190 Å². The minimum absolute atomic E-state index is 0.162. The lowest BCUT2D eigenvalue weighted by atomic mass is 10.0. The summed E-state index contributed by atoms with van der Waals surface area (Å²) in [7, 11) is 0. The molecule has 2 amide bonds. The van der Waals surface area contributed by atoms with Crippen molar-refractivity contribution in [2.45, 2.75) is 58.2 Å². The predicted octanol–water partition coefficient (Wildman–Crippen LogP) is 3.29. The fraction of sp³-hybridized carbons (Fsp3) is 0.571. The molecule has 0 radical (unpaired) electrons. The van der Waals surface area contributed by atoms with Gasteiger partial charge in [0.15, 0.2) is 5.84 Å². The van der Waals surface area contributed by atoms with Gasteiger partial charge in [-0.25, -0.2) is 10.2 Å². The highest BCUT2D eigenvalue weighted by molar-refractivity contribution is 9.10. The monoisotopic (exact) mass is 493 g/mol. The number of ether oxygens (including phenoxy) is 2. The number of carbonyl (C=O) groups excluding carboxylic acids is 2. The molecule has 0 saturated carbocycles. The minimum Gasteiger partial charge on any atom is -0.483 e. The van der Waals surface area contributed by atoms with Crippen LogP contribution in [0.4, 0.5) is 16.2 Å². The molecule has 3 heterocycles. The average molecular weight is 494 g/mol. The second-order valence-electron chi connectivity index (χ2n) is 9.48. The van der Waals surface area contributed by atoms with Gasteiger partial charge in [0.2, 0.25) is 0 Å². The maximum atomic E-state index is 12.5. The van der Waals surface area contributed by atoms with E-state index in [1.54, 1.807) is 4.90 Å². The molecule has 10 heteroatoms. The molecule has 4 rings (SSSR count). The number of nitrogens with one attached hydrogen (secondary N) is 2. The van der Waals surface area contributed by atoms with E-state index < -0.39 is 11.6 Å². The van der Waals surface area contributed by atoms with Gasteiger partial charge in [0.25, 0.3) is 5.91 Å². The van der Waals surface area contributed by atoms with Crippen molar-refractivity contribution in [1.29, 1.82) is 0 Å². The van der Waals surface area contributed by atoms with E-state index in [1.807, 2.05) is 44.7 Å². The van der Waals surface area contributed by atoms with Gasteiger partial charge >= 0.3 is 6.09 Å². The number of amides is 2. The number of benzene rings is 1. The molecule has 2 N–H and O–H groups in total. The Kier molecular flexibility index (Phi) is 5.31. The van der Waals surface area contributed by atoms with E-state index >= 15 is 0 Å². The molecule has 1 aromatic rings. The van der Waals surface area contributed by atoms with Crippen molar-refractivity contribution in [3.63, 3.8) is 0 Å². The van der Waals surface area contributed by atoms with Gasteiger partial charge in [0.05, 0.1) is 16.9 Å². The summed E-state index contributed by atoms with van der Waals surface area (Å²) in [5, 5.41) is 7.72. The average Bonchev–Trinajstić information content (AvgIpc) is 3.06. The van der Waals surface area contributed by atoms with Crippen LogP contribution in [0.2, 0.25) is 0 Å². The molecule has 168 valence electrons. The molecule has 1 saturated heterocycles. The molecule has 3 aliphatic heterocycles. The number of hydrazone groups is 1. The van der Waals surface area contributed by atoms with Gasteiger partial charge in [0.1, 0.15) is 24.0 Å². The number of likely N-dealkylation sites (tertiary alicyclic amines) is 1. The molecular weight excluding hydrogens is 466 g/mol. The summed E-state index contributed by atoms with van der Waals surface area (Å²) in [6.45, 7) is 11.0. The highest BCUT2D eigenvalue weighted by atomic mass is 79.9. The van der Waals surface area contributed by atoms with E-state index in [-0.39, 0.29) is 17.5 Å². The molecule has 0 bridgehead atoms. The number of anilines is 2. The SMILES string of the molecule is C[C@@H]1C(=O)NN=C2COc3cc(Br)c(N[C@@]4(C)CCN(C(=O)OC(C)(C)C)C4)cc3N21. The van der Waals surface area contributed by atoms with Gasteiger partial charge in [-0.15, -0.1) is 0 Å². The molecule has 3 aliphatic rings. The Morgan fingerprint density at radius 2 is 2.16 bits per heavy atom. The summed E-state index contributed by atoms with van der Waals surface area (Å²) in [4.78, 5) is 28.3. The van der Waals surface area contributed by atoms with E-state index in [4.69, 9.17) is 9.47 Å². The number of hydrogen-bond acceptors (Lipinski definition) is 7. The molecule has 2 atom stereocenters. The number of amidine groups is 1. The molecule has 1 aromatic carbocycles. The van der Waals surface area contributed by atoms with E-state index in [1.165, 1.54) is 0 Å². The third kappa shape index (κ3) is 4.30. The molecule has 31 heavy (non-hydrogen) atoms. The van der Waals surface area contributed by atoms with Crippen molar-refractivity contribution in [3.8, 4) is 5.75 Å². The largest absolute Gasteiger partial charge is 0.483 e. The summed E-state index contributed by atoms with van der Waals surface area (Å²) < 4.78 is 12.2. The standard InChI is InChI=1S/C21H28BrN5O4/c1-12-18(28)25-24-17-10-30-16-8-13(22)14(9-15(16)27(12)17)23-21(5)6-7-26(11-21)19(29)31-20(2,3)4/h8-9,12,23H,6-7,10-11H2,1-5H3,(H,25,28)/t12-,21+/m1/s1. The quantitative estimate of drug-likeness (QED) is 0.656. The molecule has 1 fully saturated rings. The van der Waals surface area contributed by atoms with Crippen LogP contribution in [0.5, 0.6) is 5.75 Å². The van der Waals surface area contributed by atoms with Crippen LogP contribution in [-0.2, 0) is 9.53 Å². The molecular formula is C21H28BrN5O4. The van der Waals surface area contributed by atoms with E-state index in [2.05, 4.69) is 38.7 Å². The van der Waals surface area contributed by atoms with Crippen molar-refractivity contribution >= 4 is 45.1 Å². The molecule has 0 spiro atoms. The van der Waals surface area contributed by atoms with Gasteiger partial charge in [-0.1, -0.05) is 0 Å². The second kappa shape index (κ2) is 7.58. The van der Waals surface area contributed by atoms with Gasteiger partial charge in [0, 0.05) is 17.6 Å². The Bertz CT molecular complexity index is 960. The summed E-state index contributed by atoms with van der Waals surface area (Å²) in [5.74, 6) is 1.19. The van der Waals surface area contributed by atoms with Crippen molar-refractivity contribution in [1.82, 2.24) is 10.3 Å². The number of nitrogens with zero attached hydrogens (tertiary/aromatic N) is 3. The number of rotatable bonds is 2. The van der Waals surface area contributed by atoms with Crippen LogP contribution in [0.1, 0.15) is 41.0 Å². The smallest absolute Gasteiger partial charge is 0.410 e. The topological polar surface area (TPSA) is 95.5 Å². The third-order valence-electron chi connectivity index (χ3n) is 5.57. The first kappa shape index (κ1) is 21.7. The third-order valence-corrected chi connectivity index (χ3v) is 6.22. The molecule has 0 unspecified atom stereocenters. The zero-order chi connectivity index (χ0) is 22.6. The highest BCUT2D eigenvalue weighted by Crippen LogP contribution is 2.42. The van der Waals surface area contributed by atoms with E-state index in [0.717, 1.165) is 22.3 Å². The predicted molar refractivity (Wildman–Crippen MR) is 122 cm³/mol. The summed E-state index contributed by atoms with van der Waals surface area (Å²) in [6, 6.07) is 3.47. The Balaban J connectivity index is 1.56. The fourth-order valence-electron chi connectivity index (χ4n) is 4.01. The van der Waals surface area contributed by atoms with Gasteiger partial charge in [-0.05, 0) is 69.1 Å². The van der Waals surface area contributed by atoms with Crippen LogP contribution < -0.4 is 20.4 Å². The lowest BCUT2D eigenvalue weighted by Crippen LogP contribution is -2.55. The maximum Gasteiger partial charge on any atom is 0.410 e. The normalized spacial score (nSPS) is 25.2. The van der Waals surface area contributed by atoms with E-state index in [9.17, 15) is 9.59 Å². The zero-order valence-corrected chi connectivity index (χ0v) is 20.0. The van der Waals surface area contributed by atoms with Crippen LogP contribution in [0.3, 0.4) is 0 Å². The Hall–Kier alpha value is -2.49. The van der Waals surface area contributed by atoms with Gasteiger partial charge < -0.3 is 24.6 Å². The minimum atomic E-state index is -0.526. The maximum absolute atomic E-state index is 12.5. The van der Waals surface area contributed by atoms with Gasteiger partial charge in [-0.3, -0.25) is 4.79 Å². The van der Waals surface area contributed by atoms with E-state index in [0.29, 0.717) is 31.3 Å². The molecule has 0 aliphatic carbocycles. The first-order valence-electron chi connectivity index (χ1n) is 10.3. The summed E-state index contributed by atoms with van der Waals surface area (Å²) in [6.07, 6.45) is 0.478. The number of hydrogen-bond donors (Lipinski definition) is 2. The van der Waals surface area contributed by atoms with Crippen LogP contribution in [0, 0.1) is 0 Å².